The topological polar surface area (TPSA) is 84.5 Å². The van der Waals surface area contributed by atoms with Gasteiger partial charge in [0.25, 0.3) is 11.8 Å². The minimum absolute atomic E-state index is 0.164. The van der Waals surface area contributed by atoms with Crippen LogP contribution in [0.25, 0.3) is 0 Å². The van der Waals surface area contributed by atoms with Gasteiger partial charge in [-0.25, -0.2) is 0 Å². The molecule has 0 spiro atoms. The molecule has 0 saturated carbocycles. The van der Waals surface area contributed by atoms with E-state index in [1.54, 1.807) is 24.3 Å². The third kappa shape index (κ3) is 6.33. The third-order valence-electron chi connectivity index (χ3n) is 3.06. The molecule has 0 aliphatic heterocycles. The Kier molecular flexibility index (Phi) is 7.44. The van der Waals surface area contributed by atoms with Crippen molar-refractivity contribution in [3.05, 3.63) is 62.5 Å². The first-order chi connectivity index (χ1) is 12.3. The first-order valence-electron chi connectivity index (χ1n) is 7.29. The molecule has 0 aromatic heterocycles. The second-order valence-corrected chi connectivity index (χ2v) is 6.78. The van der Waals surface area contributed by atoms with Crippen LogP contribution in [-0.2, 0) is 14.3 Å². The average Bonchev–Trinajstić information content (AvgIpc) is 2.60. The summed E-state index contributed by atoms with van der Waals surface area (Å²) in [7, 11) is 0. The number of nitrogens with one attached hydrogen (secondary N) is 2. The van der Waals surface area contributed by atoms with Crippen molar-refractivity contribution in [3.63, 3.8) is 0 Å². The molecule has 2 rings (SSSR count). The molecule has 26 heavy (non-hydrogen) atoms. The fourth-order valence-electron chi connectivity index (χ4n) is 1.85. The van der Waals surface area contributed by atoms with Crippen LogP contribution >= 0.6 is 39.1 Å². The van der Waals surface area contributed by atoms with Gasteiger partial charge in [0, 0.05) is 15.2 Å². The molecule has 136 valence electrons. The molecule has 6 nitrogen and oxygen atoms in total. The summed E-state index contributed by atoms with van der Waals surface area (Å²) >= 11 is 15.0. The number of rotatable bonds is 6. The number of ether oxygens (including phenoxy) is 1. The molecule has 9 heteroatoms. The van der Waals surface area contributed by atoms with Crippen LogP contribution in [0.5, 0.6) is 0 Å². The van der Waals surface area contributed by atoms with Crippen LogP contribution < -0.4 is 10.6 Å². The van der Waals surface area contributed by atoms with Crippen LogP contribution in [-0.4, -0.2) is 30.9 Å². The zero-order valence-corrected chi connectivity index (χ0v) is 16.3. The number of hydrogen-bond donors (Lipinski definition) is 2. The summed E-state index contributed by atoms with van der Waals surface area (Å²) in [5, 5.41) is 5.49. The van der Waals surface area contributed by atoms with E-state index in [9.17, 15) is 14.4 Å². The maximum Gasteiger partial charge on any atom is 0.325 e. The molecule has 0 unspecified atom stereocenters. The van der Waals surface area contributed by atoms with E-state index in [4.69, 9.17) is 27.9 Å². The molecule has 2 aromatic carbocycles. The summed E-state index contributed by atoms with van der Waals surface area (Å²) in [4.78, 5) is 35.3. The number of carbonyl (C=O) groups is 3. The van der Waals surface area contributed by atoms with Gasteiger partial charge in [-0.15, -0.1) is 0 Å². The SMILES string of the molecule is O=C(COC(=O)CNC(=O)c1ccc(Cl)cc1Cl)Nc1ccc(Br)cc1. The third-order valence-corrected chi connectivity index (χ3v) is 4.14. The monoisotopic (exact) mass is 458 g/mol. The lowest BCUT2D eigenvalue weighted by Gasteiger charge is -2.08. The number of esters is 1. The van der Waals surface area contributed by atoms with Gasteiger partial charge < -0.3 is 15.4 Å². The van der Waals surface area contributed by atoms with E-state index in [2.05, 4.69) is 26.6 Å². The Labute approximate surface area is 167 Å². The van der Waals surface area contributed by atoms with Gasteiger partial charge in [-0.2, -0.15) is 0 Å². The highest BCUT2D eigenvalue weighted by Crippen LogP contribution is 2.20. The summed E-state index contributed by atoms with van der Waals surface area (Å²) < 4.78 is 5.68. The van der Waals surface area contributed by atoms with Crippen molar-refractivity contribution < 1.29 is 19.1 Å². The first-order valence-corrected chi connectivity index (χ1v) is 8.84. The Morgan fingerprint density at radius 3 is 2.38 bits per heavy atom. The molecule has 0 saturated heterocycles. The van der Waals surface area contributed by atoms with Gasteiger partial charge in [0.15, 0.2) is 6.61 Å². The highest BCUT2D eigenvalue weighted by atomic mass is 79.9. The number of halogens is 3. The summed E-state index contributed by atoms with van der Waals surface area (Å²) in [6, 6.07) is 11.3. The second kappa shape index (κ2) is 9.56. The fraction of sp³-hybridized carbons (Fsp3) is 0.118. The van der Waals surface area contributed by atoms with Gasteiger partial charge in [0.1, 0.15) is 6.54 Å². The number of amides is 2. The lowest BCUT2D eigenvalue weighted by molar-refractivity contribution is -0.146. The number of hydrogen-bond acceptors (Lipinski definition) is 4. The minimum Gasteiger partial charge on any atom is -0.454 e. The molecule has 0 heterocycles. The smallest absolute Gasteiger partial charge is 0.325 e. The normalized spacial score (nSPS) is 10.1. The zero-order valence-electron chi connectivity index (χ0n) is 13.2. The number of carbonyl (C=O) groups excluding carboxylic acids is 3. The number of benzene rings is 2. The Hall–Kier alpha value is -2.09. The second-order valence-electron chi connectivity index (χ2n) is 5.02. The maximum absolute atomic E-state index is 12.0. The van der Waals surface area contributed by atoms with Crippen molar-refractivity contribution in [3.8, 4) is 0 Å². The van der Waals surface area contributed by atoms with E-state index in [0.717, 1.165) is 4.47 Å². The quantitative estimate of drug-likeness (QED) is 0.645. The van der Waals surface area contributed by atoms with E-state index in [-0.39, 0.29) is 10.6 Å². The molecule has 0 atom stereocenters. The van der Waals surface area contributed by atoms with Gasteiger partial charge in [-0.1, -0.05) is 39.1 Å². The molecule has 2 aromatic rings. The molecule has 0 fully saturated rings. The molecular weight excluding hydrogens is 447 g/mol. The van der Waals surface area contributed by atoms with Gasteiger partial charge >= 0.3 is 5.97 Å². The van der Waals surface area contributed by atoms with Crippen molar-refractivity contribution in [1.82, 2.24) is 5.32 Å². The lowest BCUT2D eigenvalue weighted by atomic mass is 10.2. The van der Waals surface area contributed by atoms with Gasteiger partial charge in [0.2, 0.25) is 0 Å². The highest BCUT2D eigenvalue weighted by molar-refractivity contribution is 9.10. The van der Waals surface area contributed by atoms with Crippen molar-refractivity contribution in [2.24, 2.45) is 0 Å². The standard InChI is InChI=1S/C17H13BrCl2N2O4/c18-10-1-4-12(5-2-10)22-15(23)9-26-16(24)8-21-17(25)13-6-3-11(19)7-14(13)20/h1-7H,8-9H2,(H,21,25)(H,22,23). The summed E-state index contributed by atoms with van der Waals surface area (Å²) in [6.07, 6.45) is 0. The van der Waals surface area contributed by atoms with Gasteiger partial charge in [0.05, 0.1) is 10.6 Å². The predicted molar refractivity (Wildman–Crippen MR) is 103 cm³/mol. The predicted octanol–water partition coefficient (Wildman–Crippen LogP) is 3.67. The van der Waals surface area contributed by atoms with Gasteiger partial charge in [-0.3, -0.25) is 14.4 Å². The lowest BCUT2D eigenvalue weighted by Crippen LogP contribution is -2.32. The summed E-state index contributed by atoms with van der Waals surface area (Å²) in [5.74, 6) is -1.80. The van der Waals surface area contributed by atoms with Crippen LogP contribution in [0.4, 0.5) is 5.69 Å². The average molecular weight is 460 g/mol. The van der Waals surface area contributed by atoms with Crippen LogP contribution in [0.3, 0.4) is 0 Å². The Bertz CT molecular complexity index is 828. The van der Waals surface area contributed by atoms with E-state index in [1.165, 1.54) is 18.2 Å². The summed E-state index contributed by atoms with van der Waals surface area (Å²) in [6.45, 7) is -0.865. The van der Waals surface area contributed by atoms with E-state index < -0.39 is 30.9 Å². The van der Waals surface area contributed by atoms with Gasteiger partial charge in [-0.05, 0) is 42.5 Å². The summed E-state index contributed by atoms with van der Waals surface area (Å²) in [5.41, 5.74) is 0.747. The number of anilines is 1. The Morgan fingerprint density at radius 1 is 1.04 bits per heavy atom. The molecule has 0 radical (unpaired) electrons. The molecule has 2 N–H and O–H groups in total. The van der Waals surface area contributed by atoms with Crippen molar-refractivity contribution in [1.29, 1.82) is 0 Å². The fourth-order valence-corrected chi connectivity index (χ4v) is 2.61. The molecule has 0 aliphatic carbocycles. The van der Waals surface area contributed by atoms with E-state index in [1.807, 2.05) is 0 Å². The van der Waals surface area contributed by atoms with E-state index in [0.29, 0.717) is 10.7 Å². The molecular formula is C17H13BrCl2N2O4. The minimum atomic E-state index is -0.755. The Balaban J connectivity index is 1.75. The van der Waals surface area contributed by atoms with Crippen molar-refractivity contribution in [2.45, 2.75) is 0 Å². The van der Waals surface area contributed by atoms with Crippen LogP contribution in [0.15, 0.2) is 46.9 Å². The van der Waals surface area contributed by atoms with Crippen LogP contribution in [0.2, 0.25) is 10.0 Å². The maximum atomic E-state index is 12.0. The molecule has 0 aliphatic rings. The van der Waals surface area contributed by atoms with Crippen LogP contribution in [0, 0.1) is 0 Å². The molecule has 2 amide bonds. The highest BCUT2D eigenvalue weighted by Gasteiger charge is 2.13. The zero-order chi connectivity index (χ0) is 19.1. The largest absolute Gasteiger partial charge is 0.454 e. The molecule has 0 bridgehead atoms. The first kappa shape index (κ1) is 20.2. The Morgan fingerprint density at radius 2 is 1.73 bits per heavy atom. The van der Waals surface area contributed by atoms with E-state index >= 15 is 0 Å². The van der Waals surface area contributed by atoms with Crippen molar-refractivity contribution >= 4 is 62.6 Å². The van der Waals surface area contributed by atoms with Crippen molar-refractivity contribution in [2.75, 3.05) is 18.5 Å². The van der Waals surface area contributed by atoms with Crippen LogP contribution in [0.1, 0.15) is 10.4 Å².